The summed E-state index contributed by atoms with van der Waals surface area (Å²) < 4.78 is 0. The predicted molar refractivity (Wildman–Crippen MR) is 103 cm³/mol. The molecule has 0 radical (unpaired) electrons. The van der Waals surface area contributed by atoms with Gasteiger partial charge in [0.05, 0.1) is 0 Å². The first kappa shape index (κ1) is 28.8. The van der Waals surface area contributed by atoms with Crippen molar-refractivity contribution < 1.29 is 60.0 Å². The monoisotopic (exact) mass is 462 g/mol. The molecule has 1 aliphatic rings. The van der Waals surface area contributed by atoms with Gasteiger partial charge in [-0.05, 0) is 38.1 Å². The van der Waals surface area contributed by atoms with Crippen LogP contribution in [-0.4, -0.2) is 113 Å². The Bertz CT molecular complexity index is 688. The van der Waals surface area contributed by atoms with Crippen LogP contribution in [0.3, 0.4) is 0 Å². The number of aliphatic hydroxyl groups excluding tert-OH is 4. The Labute approximate surface area is 181 Å². The van der Waals surface area contributed by atoms with Crippen LogP contribution in [0.5, 0.6) is 0 Å². The average Bonchev–Trinajstić information content (AvgIpc) is 3.18. The van der Waals surface area contributed by atoms with Gasteiger partial charge in [0.15, 0.2) is 24.4 Å². The second-order valence-corrected chi connectivity index (χ2v) is 6.56. The zero-order valence-corrected chi connectivity index (χ0v) is 16.9. The van der Waals surface area contributed by atoms with Gasteiger partial charge in [-0.2, -0.15) is 0 Å². The Balaban J connectivity index is 0.000000455. The van der Waals surface area contributed by atoms with Gasteiger partial charge in [0.1, 0.15) is 0 Å². The Morgan fingerprint density at radius 1 is 0.875 bits per heavy atom. The van der Waals surface area contributed by atoms with Gasteiger partial charge in [-0.1, -0.05) is 6.07 Å². The number of pyridine rings is 1. The molecule has 2 heterocycles. The van der Waals surface area contributed by atoms with E-state index in [0.29, 0.717) is 6.04 Å². The van der Waals surface area contributed by atoms with Crippen LogP contribution >= 0.6 is 0 Å². The Morgan fingerprint density at radius 2 is 1.28 bits per heavy atom. The number of hydrogen-bond donors (Lipinski definition) is 8. The summed E-state index contributed by atoms with van der Waals surface area (Å²) >= 11 is 0. The average molecular weight is 462 g/mol. The molecule has 180 valence electrons. The van der Waals surface area contributed by atoms with E-state index in [1.807, 2.05) is 18.5 Å². The lowest BCUT2D eigenvalue weighted by Crippen LogP contribution is -2.39. The predicted octanol–water partition coefficient (Wildman–Crippen LogP) is -2.40. The van der Waals surface area contributed by atoms with Crippen LogP contribution in [0.25, 0.3) is 0 Å². The van der Waals surface area contributed by atoms with Gasteiger partial charge >= 0.3 is 23.9 Å². The van der Waals surface area contributed by atoms with Crippen LogP contribution in [0.15, 0.2) is 24.5 Å². The number of carboxylic acids is 4. The zero-order valence-electron chi connectivity index (χ0n) is 16.9. The normalized spacial score (nSPS) is 19.1. The molecule has 0 saturated carbocycles. The molecule has 0 spiro atoms. The number of carbonyl (C=O) groups is 4. The van der Waals surface area contributed by atoms with E-state index in [1.165, 1.54) is 24.9 Å². The Kier molecular flexibility index (Phi) is 12.6. The molecule has 1 aromatic heterocycles. The van der Waals surface area contributed by atoms with E-state index in [4.69, 9.17) is 40.9 Å². The van der Waals surface area contributed by atoms with Crippen molar-refractivity contribution in [3.63, 3.8) is 0 Å². The van der Waals surface area contributed by atoms with Crippen molar-refractivity contribution in [3.05, 3.63) is 30.1 Å². The van der Waals surface area contributed by atoms with E-state index in [9.17, 15) is 19.2 Å². The Morgan fingerprint density at radius 3 is 1.53 bits per heavy atom. The van der Waals surface area contributed by atoms with E-state index < -0.39 is 48.3 Å². The number of rotatable bonds is 7. The first-order valence-corrected chi connectivity index (χ1v) is 9.04. The first-order valence-electron chi connectivity index (χ1n) is 9.04. The van der Waals surface area contributed by atoms with Crippen molar-refractivity contribution in [1.29, 1.82) is 0 Å². The fourth-order valence-electron chi connectivity index (χ4n) is 2.44. The van der Waals surface area contributed by atoms with Crippen molar-refractivity contribution >= 4 is 23.9 Å². The second-order valence-electron chi connectivity index (χ2n) is 6.56. The lowest BCUT2D eigenvalue weighted by molar-refractivity contribution is -0.165. The summed E-state index contributed by atoms with van der Waals surface area (Å²) in [6.07, 6.45) is -2.66. The molecular weight excluding hydrogens is 436 g/mol. The molecule has 4 unspecified atom stereocenters. The van der Waals surface area contributed by atoms with Crippen LogP contribution in [0.4, 0.5) is 0 Å². The minimum atomic E-state index is -2.27. The molecule has 0 amide bonds. The smallest absolute Gasteiger partial charge is 0.335 e. The van der Waals surface area contributed by atoms with E-state index >= 15 is 0 Å². The number of aliphatic carboxylic acids is 4. The lowest BCUT2D eigenvalue weighted by atomic mass is 10.1. The van der Waals surface area contributed by atoms with Gasteiger partial charge < -0.3 is 40.9 Å². The number of hydrogen-bond acceptors (Lipinski definition) is 10. The molecule has 1 fully saturated rings. The van der Waals surface area contributed by atoms with Gasteiger partial charge in [0.25, 0.3) is 0 Å². The van der Waals surface area contributed by atoms with E-state index in [1.54, 1.807) is 0 Å². The molecule has 0 aromatic carbocycles. The fraction of sp³-hybridized carbons (Fsp3) is 0.500. The summed E-state index contributed by atoms with van der Waals surface area (Å²) in [5, 5.41) is 65.1. The number of aromatic nitrogens is 1. The van der Waals surface area contributed by atoms with Gasteiger partial charge in [-0.15, -0.1) is 0 Å². The summed E-state index contributed by atoms with van der Waals surface area (Å²) in [5.74, 6) is -7.07. The molecule has 2 rings (SSSR count). The molecular formula is C18H26N2O12. The maximum atomic E-state index is 9.77. The molecule has 32 heavy (non-hydrogen) atoms. The van der Waals surface area contributed by atoms with Crippen molar-refractivity contribution in [2.24, 2.45) is 0 Å². The van der Waals surface area contributed by atoms with Crippen LogP contribution < -0.4 is 0 Å². The molecule has 1 saturated heterocycles. The van der Waals surface area contributed by atoms with Crippen LogP contribution in [0, 0.1) is 0 Å². The van der Waals surface area contributed by atoms with Crippen LogP contribution in [-0.2, 0) is 19.2 Å². The van der Waals surface area contributed by atoms with E-state index in [0.717, 1.165) is 0 Å². The van der Waals surface area contributed by atoms with Gasteiger partial charge in [-0.3, -0.25) is 9.88 Å². The van der Waals surface area contributed by atoms with E-state index in [2.05, 4.69) is 23.0 Å². The highest BCUT2D eigenvalue weighted by Gasteiger charge is 2.30. The molecule has 5 atom stereocenters. The van der Waals surface area contributed by atoms with Gasteiger partial charge in [0.2, 0.25) is 0 Å². The standard InChI is InChI=1S/C10H14N2.2C4H6O6/c1-12-7-3-5-10(12)9-4-2-6-11-8-9;2*5-1(3(7)8)2(6)4(9)10/h2,4,6,8,10H,3,5,7H2,1H3;2*1-2,5-6H,(H,7,8)(H,9,10)/t10-;;/m1../s1. The third-order valence-electron chi connectivity index (χ3n) is 4.20. The van der Waals surface area contributed by atoms with E-state index in [-0.39, 0.29) is 0 Å². The van der Waals surface area contributed by atoms with Crippen molar-refractivity contribution in [2.45, 2.75) is 43.3 Å². The number of aliphatic hydroxyl groups is 4. The van der Waals surface area contributed by atoms with Crippen LogP contribution in [0.1, 0.15) is 24.4 Å². The highest BCUT2D eigenvalue weighted by molar-refractivity contribution is 5.83. The summed E-state index contributed by atoms with van der Waals surface area (Å²) in [7, 11) is 2.19. The molecule has 0 aliphatic carbocycles. The number of likely N-dealkylation sites (tertiary alicyclic amines) is 1. The molecule has 14 nitrogen and oxygen atoms in total. The topological polar surface area (TPSA) is 246 Å². The highest BCUT2D eigenvalue weighted by Crippen LogP contribution is 2.29. The zero-order chi connectivity index (χ0) is 25.0. The molecule has 14 heteroatoms. The molecule has 0 bridgehead atoms. The van der Waals surface area contributed by atoms with Crippen molar-refractivity contribution in [2.75, 3.05) is 13.6 Å². The third-order valence-corrected chi connectivity index (χ3v) is 4.20. The number of nitrogens with zero attached hydrogens (tertiary/aromatic N) is 2. The third kappa shape index (κ3) is 9.76. The number of carboxylic acid groups (broad SMARTS) is 4. The minimum absolute atomic E-state index is 0.610. The van der Waals surface area contributed by atoms with Gasteiger partial charge in [0, 0.05) is 18.4 Å². The molecule has 1 aromatic rings. The SMILES string of the molecule is CN1CCC[C@@H]1c1cccnc1.O=C(O)C(O)C(O)C(=O)O.O=C(O)C(O)C(O)C(=O)O. The lowest BCUT2D eigenvalue weighted by Gasteiger charge is -2.18. The van der Waals surface area contributed by atoms with Crippen molar-refractivity contribution in [3.8, 4) is 0 Å². The summed E-state index contributed by atoms with van der Waals surface area (Å²) in [5.41, 5.74) is 1.36. The maximum Gasteiger partial charge on any atom is 0.335 e. The van der Waals surface area contributed by atoms with Crippen LogP contribution in [0.2, 0.25) is 0 Å². The first-order chi connectivity index (χ1) is 14.8. The highest BCUT2D eigenvalue weighted by atomic mass is 16.4. The van der Waals surface area contributed by atoms with Gasteiger partial charge in [-0.25, -0.2) is 19.2 Å². The quantitative estimate of drug-likeness (QED) is 0.210. The molecule has 1 aliphatic heterocycles. The largest absolute Gasteiger partial charge is 0.479 e. The summed E-state index contributed by atoms with van der Waals surface area (Å²) in [6, 6.07) is 4.79. The Hall–Kier alpha value is -3.17. The second kappa shape index (κ2) is 14.0. The minimum Gasteiger partial charge on any atom is -0.479 e. The fourth-order valence-corrected chi connectivity index (χ4v) is 2.44. The maximum absolute atomic E-state index is 9.77. The summed E-state index contributed by atoms with van der Waals surface area (Å²) in [6.45, 7) is 1.22. The molecule has 8 N–H and O–H groups in total. The summed E-state index contributed by atoms with van der Waals surface area (Å²) in [4.78, 5) is 45.6. The van der Waals surface area contributed by atoms with Crippen molar-refractivity contribution in [1.82, 2.24) is 9.88 Å².